The number of hydrogen-bond acceptors (Lipinski definition) is 2. The van der Waals surface area contributed by atoms with E-state index in [1.54, 1.807) is 6.20 Å². The van der Waals surface area contributed by atoms with E-state index in [1.807, 2.05) is 10.9 Å². The van der Waals surface area contributed by atoms with Crippen molar-refractivity contribution in [1.29, 1.82) is 0 Å². The summed E-state index contributed by atoms with van der Waals surface area (Å²) in [4.78, 5) is 2.40. The average Bonchev–Trinajstić information content (AvgIpc) is 2.87. The van der Waals surface area contributed by atoms with E-state index in [0.717, 1.165) is 50.3 Å². The van der Waals surface area contributed by atoms with E-state index in [9.17, 15) is 0 Å². The predicted octanol–water partition coefficient (Wildman–Crippen LogP) is 5.06. The molecule has 1 aromatic heterocycles. The first-order chi connectivity index (χ1) is 11.6. The lowest BCUT2D eigenvalue weighted by Crippen LogP contribution is -2.20. The fourth-order valence-corrected chi connectivity index (χ4v) is 3.90. The SMILES string of the molecule is CN1CCc2c(Cl)ccc(CCCCCn3cc(Cl)cn3)c2CC1.Cl. The van der Waals surface area contributed by atoms with Gasteiger partial charge in [-0.1, -0.05) is 35.7 Å². The Kier molecular flexibility index (Phi) is 8.08. The van der Waals surface area contributed by atoms with Gasteiger partial charge < -0.3 is 4.90 Å². The molecule has 0 aliphatic carbocycles. The number of hydrogen-bond donors (Lipinski definition) is 0. The Labute approximate surface area is 166 Å². The summed E-state index contributed by atoms with van der Waals surface area (Å²) in [5.74, 6) is 0. The molecule has 0 radical (unpaired) electrons. The lowest BCUT2D eigenvalue weighted by Gasteiger charge is -2.14. The van der Waals surface area contributed by atoms with Crippen LogP contribution in [0.5, 0.6) is 0 Å². The van der Waals surface area contributed by atoms with Gasteiger partial charge in [-0.3, -0.25) is 4.68 Å². The Morgan fingerprint density at radius 1 is 1.04 bits per heavy atom. The van der Waals surface area contributed by atoms with Crippen LogP contribution in [0.15, 0.2) is 24.5 Å². The second kappa shape index (κ2) is 9.82. The quantitative estimate of drug-likeness (QED) is 0.630. The van der Waals surface area contributed by atoms with Gasteiger partial charge in [-0.25, -0.2) is 0 Å². The van der Waals surface area contributed by atoms with Crippen molar-refractivity contribution in [3.8, 4) is 0 Å². The third-order valence-electron chi connectivity index (χ3n) is 4.89. The minimum atomic E-state index is 0. The van der Waals surface area contributed by atoms with E-state index in [1.165, 1.54) is 29.5 Å². The maximum atomic E-state index is 6.45. The van der Waals surface area contributed by atoms with Crippen LogP contribution < -0.4 is 0 Å². The second-order valence-corrected chi connectivity index (χ2v) is 7.54. The number of aromatic nitrogens is 2. The third-order valence-corrected chi connectivity index (χ3v) is 5.44. The summed E-state index contributed by atoms with van der Waals surface area (Å²) in [5, 5.41) is 5.88. The predicted molar refractivity (Wildman–Crippen MR) is 108 cm³/mol. The van der Waals surface area contributed by atoms with Crippen LogP contribution in [-0.2, 0) is 25.8 Å². The summed E-state index contributed by atoms with van der Waals surface area (Å²) < 4.78 is 1.92. The molecule has 138 valence electrons. The minimum Gasteiger partial charge on any atom is -0.306 e. The molecule has 2 heterocycles. The first-order valence-electron chi connectivity index (χ1n) is 8.79. The van der Waals surface area contributed by atoms with Crippen molar-refractivity contribution < 1.29 is 0 Å². The van der Waals surface area contributed by atoms with Gasteiger partial charge in [-0.2, -0.15) is 5.10 Å². The molecule has 0 atom stereocenters. The lowest BCUT2D eigenvalue weighted by atomic mass is 9.94. The van der Waals surface area contributed by atoms with Gasteiger partial charge in [0.1, 0.15) is 0 Å². The normalized spacial score (nSPS) is 14.7. The van der Waals surface area contributed by atoms with Crippen molar-refractivity contribution in [2.45, 2.75) is 45.1 Å². The summed E-state index contributed by atoms with van der Waals surface area (Å²) in [6, 6.07) is 4.33. The van der Waals surface area contributed by atoms with Gasteiger partial charge in [-0.05, 0) is 61.9 Å². The van der Waals surface area contributed by atoms with Crippen molar-refractivity contribution in [2.24, 2.45) is 0 Å². The first kappa shape index (κ1) is 20.6. The molecule has 0 saturated heterocycles. The highest BCUT2D eigenvalue weighted by Gasteiger charge is 2.16. The largest absolute Gasteiger partial charge is 0.306 e. The van der Waals surface area contributed by atoms with Gasteiger partial charge in [0.15, 0.2) is 0 Å². The molecule has 3 nitrogen and oxygen atoms in total. The average molecular weight is 403 g/mol. The summed E-state index contributed by atoms with van der Waals surface area (Å²) in [6.07, 6.45) is 10.5. The summed E-state index contributed by atoms with van der Waals surface area (Å²) in [7, 11) is 2.20. The number of nitrogens with zero attached hydrogens (tertiary/aromatic N) is 3. The number of benzene rings is 1. The van der Waals surface area contributed by atoms with Crippen LogP contribution in [0.2, 0.25) is 10.0 Å². The van der Waals surface area contributed by atoms with Crippen LogP contribution in [0.3, 0.4) is 0 Å². The van der Waals surface area contributed by atoms with Crippen molar-refractivity contribution >= 4 is 35.6 Å². The molecule has 1 aliphatic heterocycles. The monoisotopic (exact) mass is 401 g/mol. The van der Waals surface area contributed by atoms with E-state index >= 15 is 0 Å². The maximum Gasteiger partial charge on any atom is 0.0785 e. The van der Waals surface area contributed by atoms with E-state index < -0.39 is 0 Å². The lowest BCUT2D eigenvalue weighted by molar-refractivity contribution is 0.352. The second-order valence-electron chi connectivity index (χ2n) is 6.70. The number of fused-ring (bicyclic) bond motifs is 1. The first-order valence-corrected chi connectivity index (χ1v) is 9.54. The number of likely N-dealkylation sites (N-methyl/N-ethyl adjacent to an activating group) is 1. The Hall–Kier alpha value is -0.740. The molecule has 0 unspecified atom stereocenters. The van der Waals surface area contributed by atoms with E-state index in [0.29, 0.717) is 5.02 Å². The molecule has 0 bridgehead atoms. The molecular weight excluding hydrogens is 377 g/mol. The van der Waals surface area contributed by atoms with Gasteiger partial charge in [0.2, 0.25) is 0 Å². The van der Waals surface area contributed by atoms with Gasteiger partial charge >= 0.3 is 0 Å². The highest BCUT2D eigenvalue weighted by Crippen LogP contribution is 2.28. The van der Waals surface area contributed by atoms with Gasteiger partial charge in [0, 0.05) is 30.9 Å². The molecule has 0 saturated carbocycles. The standard InChI is InChI=1S/C19H25Cl2N3.ClH/c1-23-11-8-17-15(6-7-19(21)18(17)9-12-23)5-3-2-4-10-24-14-16(20)13-22-24;/h6-7,13-14H,2-5,8-12H2,1H3;1H. The molecule has 6 heteroatoms. The molecule has 0 fully saturated rings. The molecule has 1 aliphatic rings. The Balaban J connectivity index is 0.00000225. The van der Waals surface area contributed by atoms with Crippen LogP contribution in [-0.4, -0.2) is 34.8 Å². The van der Waals surface area contributed by atoms with Crippen LogP contribution in [0.1, 0.15) is 36.0 Å². The van der Waals surface area contributed by atoms with Crippen LogP contribution >= 0.6 is 35.6 Å². The van der Waals surface area contributed by atoms with Crippen molar-refractivity contribution in [3.05, 3.63) is 51.3 Å². The summed E-state index contributed by atoms with van der Waals surface area (Å²) in [6.45, 7) is 3.17. The topological polar surface area (TPSA) is 21.1 Å². The van der Waals surface area contributed by atoms with E-state index in [4.69, 9.17) is 23.2 Å². The Morgan fingerprint density at radius 3 is 2.52 bits per heavy atom. The van der Waals surface area contributed by atoms with Gasteiger partial charge in [0.25, 0.3) is 0 Å². The highest BCUT2D eigenvalue weighted by atomic mass is 35.5. The highest BCUT2D eigenvalue weighted by molar-refractivity contribution is 6.31. The molecule has 1 aromatic carbocycles. The fraction of sp³-hybridized carbons (Fsp3) is 0.526. The zero-order chi connectivity index (χ0) is 16.9. The molecule has 0 amide bonds. The molecular formula is C19H26Cl3N3. The third kappa shape index (κ3) is 5.62. The minimum absolute atomic E-state index is 0. The molecule has 3 rings (SSSR count). The maximum absolute atomic E-state index is 6.45. The smallest absolute Gasteiger partial charge is 0.0785 e. The van der Waals surface area contributed by atoms with Gasteiger partial charge in [-0.15, -0.1) is 12.4 Å². The molecule has 25 heavy (non-hydrogen) atoms. The Bertz CT molecular complexity index is 685. The zero-order valence-corrected chi connectivity index (χ0v) is 17.0. The number of unbranched alkanes of at least 4 members (excludes halogenated alkanes) is 2. The zero-order valence-electron chi connectivity index (χ0n) is 14.7. The van der Waals surface area contributed by atoms with Crippen molar-refractivity contribution in [2.75, 3.05) is 20.1 Å². The number of rotatable bonds is 6. The van der Waals surface area contributed by atoms with E-state index in [2.05, 4.69) is 29.2 Å². The fourth-order valence-electron chi connectivity index (χ4n) is 3.47. The summed E-state index contributed by atoms with van der Waals surface area (Å²) in [5.41, 5.74) is 4.38. The van der Waals surface area contributed by atoms with Crippen LogP contribution in [0, 0.1) is 0 Å². The molecule has 0 spiro atoms. The Morgan fingerprint density at radius 2 is 1.80 bits per heavy atom. The van der Waals surface area contributed by atoms with Crippen molar-refractivity contribution in [3.63, 3.8) is 0 Å². The molecule has 2 aromatic rings. The van der Waals surface area contributed by atoms with Gasteiger partial charge in [0.05, 0.1) is 11.2 Å². The number of halogens is 3. The van der Waals surface area contributed by atoms with E-state index in [-0.39, 0.29) is 12.4 Å². The summed E-state index contributed by atoms with van der Waals surface area (Å²) >= 11 is 12.3. The van der Waals surface area contributed by atoms with Crippen LogP contribution in [0.25, 0.3) is 0 Å². The molecule has 0 N–H and O–H groups in total. The number of aryl methyl sites for hydroxylation is 2. The van der Waals surface area contributed by atoms with Crippen LogP contribution in [0.4, 0.5) is 0 Å². The van der Waals surface area contributed by atoms with Crippen molar-refractivity contribution in [1.82, 2.24) is 14.7 Å².